The van der Waals surface area contributed by atoms with Crippen molar-refractivity contribution in [1.29, 1.82) is 0 Å². The summed E-state index contributed by atoms with van der Waals surface area (Å²) in [6, 6.07) is 14.9. The van der Waals surface area contributed by atoms with Gasteiger partial charge in [0.25, 0.3) is 0 Å². The maximum Gasteiger partial charge on any atom is 0.514 e. The zero-order chi connectivity index (χ0) is 21.7. The maximum atomic E-state index is 11.8. The van der Waals surface area contributed by atoms with Gasteiger partial charge in [-0.15, -0.1) is 0 Å². The van der Waals surface area contributed by atoms with E-state index in [0.29, 0.717) is 5.75 Å². The standard InChI is InChI=1S/C24H28O5/c1-23(2,3)28-21(25)16-9-17-7-10-18(11-8-17)19-12-14-20(15-13-19)27-22(26)29-24(4,5)6/h7-16H,1-6H3/b16-9-. The lowest BCUT2D eigenvalue weighted by Gasteiger charge is -2.18. The van der Waals surface area contributed by atoms with Crippen LogP contribution in [0.3, 0.4) is 0 Å². The molecule has 0 aliphatic rings. The van der Waals surface area contributed by atoms with E-state index in [1.165, 1.54) is 6.08 Å². The number of esters is 1. The number of hydrogen-bond donors (Lipinski definition) is 0. The van der Waals surface area contributed by atoms with Crippen LogP contribution in [-0.2, 0) is 14.3 Å². The summed E-state index contributed by atoms with van der Waals surface area (Å²) < 4.78 is 15.6. The molecule has 0 aromatic heterocycles. The molecule has 0 saturated heterocycles. The summed E-state index contributed by atoms with van der Waals surface area (Å²) in [6.45, 7) is 10.8. The molecule has 2 aromatic rings. The van der Waals surface area contributed by atoms with E-state index in [4.69, 9.17) is 14.2 Å². The van der Waals surface area contributed by atoms with E-state index in [-0.39, 0.29) is 5.97 Å². The Morgan fingerprint density at radius 3 is 1.69 bits per heavy atom. The zero-order valence-corrected chi connectivity index (χ0v) is 17.8. The normalized spacial score (nSPS) is 11.9. The molecule has 0 unspecified atom stereocenters. The minimum atomic E-state index is -0.730. The van der Waals surface area contributed by atoms with Gasteiger partial charge in [0.1, 0.15) is 17.0 Å². The first kappa shape index (κ1) is 22.2. The highest BCUT2D eigenvalue weighted by Gasteiger charge is 2.18. The Morgan fingerprint density at radius 1 is 0.724 bits per heavy atom. The van der Waals surface area contributed by atoms with Gasteiger partial charge >= 0.3 is 12.1 Å². The first-order valence-corrected chi connectivity index (χ1v) is 9.44. The largest absolute Gasteiger partial charge is 0.514 e. The molecule has 0 fully saturated rings. The molecule has 154 valence electrons. The van der Waals surface area contributed by atoms with Crippen LogP contribution < -0.4 is 4.74 Å². The van der Waals surface area contributed by atoms with Crippen molar-refractivity contribution in [3.05, 3.63) is 60.2 Å². The van der Waals surface area contributed by atoms with E-state index in [1.807, 2.05) is 57.2 Å². The topological polar surface area (TPSA) is 61.8 Å². The fourth-order valence-electron chi connectivity index (χ4n) is 2.37. The van der Waals surface area contributed by atoms with Crippen molar-refractivity contribution in [3.8, 4) is 16.9 Å². The first-order valence-electron chi connectivity index (χ1n) is 9.44. The van der Waals surface area contributed by atoms with Gasteiger partial charge in [0, 0.05) is 6.08 Å². The minimum absolute atomic E-state index is 0.373. The van der Waals surface area contributed by atoms with Gasteiger partial charge in [0.05, 0.1) is 0 Å². The zero-order valence-electron chi connectivity index (χ0n) is 17.8. The molecule has 0 saturated carbocycles. The highest BCUT2D eigenvalue weighted by Crippen LogP contribution is 2.24. The van der Waals surface area contributed by atoms with Gasteiger partial charge in [-0.05, 0) is 76.4 Å². The first-order chi connectivity index (χ1) is 13.4. The summed E-state index contributed by atoms with van der Waals surface area (Å²) in [4.78, 5) is 23.5. The summed E-state index contributed by atoms with van der Waals surface area (Å²) in [7, 11) is 0. The van der Waals surface area contributed by atoms with Gasteiger partial charge in [0.2, 0.25) is 0 Å². The fourth-order valence-corrected chi connectivity index (χ4v) is 2.37. The lowest BCUT2D eigenvalue weighted by molar-refractivity contribution is -0.148. The number of ether oxygens (including phenoxy) is 3. The van der Waals surface area contributed by atoms with Gasteiger partial charge in [-0.25, -0.2) is 9.59 Å². The molecule has 0 heterocycles. The van der Waals surface area contributed by atoms with Gasteiger partial charge in [0.15, 0.2) is 0 Å². The van der Waals surface area contributed by atoms with Gasteiger partial charge in [-0.3, -0.25) is 0 Å². The predicted molar refractivity (Wildman–Crippen MR) is 114 cm³/mol. The SMILES string of the molecule is CC(C)(C)OC(=O)/C=C\c1ccc(-c2ccc(OC(=O)OC(C)(C)C)cc2)cc1. The molecule has 0 radical (unpaired) electrons. The van der Waals surface area contributed by atoms with E-state index in [1.54, 1.807) is 39.0 Å². The monoisotopic (exact) mass is 396 g/mol. The Bertz CT molecular complexity index is 863. The van der Waals surface area contributed by atoms with E-state index >= 15 is 0 Å². The van der Waals surface area contributed by atoms with Crippen LogP contribution in [0.4, 0.5) is 4.79 Å². The molecule has 5 nitrogen and oxygen atoms in total. The number of rotatable bonds is 4. The number of benzene rings is 2. The highest BCUT2D eigenvalue weighted by molar-refractivity contribution is 5.87. The van der Waals surface area contributed by atoms with Gasteiger partial charge in [-0.2, -0.15) is 0 Å². The average molecular weight is 396 g/mol. The molecule has 5 heteroatoms. The molecule has 0 bridgehead atoms. The fraction of sp³-hybridized carbons (Fsp3) is 0.333. The van der Waals surface area contributed by atoms with Crippen LogP contribution in [0.1, 0.15) is 47.1 Å². The Kier molecular flexibility index (Phi) is 6.85. The van der Waals surface area contributed by atoms with Crippen molar-refractivity contribution in [2.24, 2.45) is 0 Å². The van der Waals surface area contributed by atoms with E-state index in [2.05, 4.69) is 0 Å². The summed E-state index contributed by atoms with van der Waals surface area (Å²) in [6.07, 6.45) is 2.41. The molecule has 0 spiro atoms. The van der Waals surface area contributed by atoms with Crippen molar-refractivity contribution in [2.45, 2.75) is 52.7 Å². The molecule has 29 heavy (non-hydrogen) atoms. The molecule has 0 amide bonds. The molecular formula is C24H28O5. The van der Waals surface area contributed by atoms with E-state index in [9.17, 15) is 9.59 Å². The molecule has 0 atom stereocenters. The van der Waals surface area contributed by atoms with Crippen LogP contribution in [0, 0.1) is 0 Å². The third kappa shape index (κ3) is 8.21. The van der Waals surface area contributed by atoms with Crippen molar-refractivity contribution in [2.75, 3.05) is 0 Å². The van der Waals surface area contributed by atoms with E-state index < -0.39 is 17.4 Å². The molecular weight excluding hydrogens is 368 g/mol. The molecule has 2 rings (SSSR count). The molecule has 0 N–H and O–H groups in total. The Balaban J connectivity index is 1.99. The minimum Gasteiger partial charge on any atom is -0.457 e. The van der Waals surface area contributed by atoms with Crippen molar-refractivity contribution in [1.82, 2.24) is 0 Å². The average Bonchev–Trinajstić information content (AvgIpc) is 2.58. The molecule has 0 aliphatic carbocycles. The van der Waals surface area contributed by atoms with Crippen LogP contribution in [0.2, 0.25) is 0 Å². The van der Waals surface area contributed by atoms with Crippen molar-refractivity contribution < 1.29 is 23.8 Å². The Labute approximate surface area is 172 Å². The van der Waals surface area contributed by atoms with Crippen LogP contribution in [-0.4, -0.2) is 23.3 Å². The second-order valence-electron chi connectivity index (χ2n) is 8.58. The lowest BCUT2D eigenvalue weighted by Crippen LogP contribution is -2.25. The van der Waals surface area contributed by atoms with Crippen LogP contribution in [0.25, 0.3) is 17.2 Å². The number of carbonyl (C=O) groups excluding carboxylic acids is 2. The lowest BCUT2D eigenvalue weighted by atomic mass is 10.0. The highest BCUT2D eigenvalue weighted by atomic mass is 16.7. The summed E-state index contributed by atoms with van der Waals surface area (Å²) >= 11 is 0. The molecule has 2 aromatic carbocycles. The summed E-state index contributed by atoms with van der Waals surface area (Å²) in [5.41, 5.74) is 1.76. The maximum absolute atomic E-state index is 11.8. The van der Waals surface area contributed by atoms with Crippen LogP contribution >= 0.6 is 0 Å². The number of hydrogen-bond acceptors (Lipinski definition) is 5. The smallest absolute Gasteiger partial charge is 0.457 e. The predicted octanol–water partition coefficient (Wildman–Crippen LogP) is 6.02. The Hall–Kier alpha value is -3.08. The van der Waals surface area contributed by atoms with Crippen LogP contribution in [0.5, 0.6) is 5.75 Å². The third-order valence-electron chi connectivity index (χ3n) is 3.51. The van der Waals surface area contributed by atoms with Crippen molar-refractivity contribution in [3.63, 3.8) is 0 Å². The van der Waals surface area contributed by atoms with Crippen molar-refractivity contribution >= 4 is 18.2 Å². The second-order valence-corrected chi connectivity index (χ2v) is 8.58. The number of carbonyl (C=O) groups is 2. The summed E-state index contributed by atoms with van der Waals surface area (Å²) in [5, 5.41) is 0. The van der Waals surface area contributed by atoms with Gasteiger partial charge < -0.3 is 14.2 Å². The molecule has 0 aliphatic heterocycles. The Morgan fingerprint density at radius 2 is 1.21 bits per heavy atom. The summed E-state index contributed by atoms with van der Waals surface area (Å²) in [5.74, 6) is 0.0436. The van der Waals surface area contributed by atoms with Gasteiger partial charge in [-0.1, -0.05) is 36.4 Å². The third-order valence-corrected chi connectivity index (χ3v) is 3.51. The second kappa shape index (κ2) is 8.95. The quantitative estimate of drug-likeness (QED) is 0.359. The van der Waals surface area contributed by atoms with Crippen LogP contribution in [0.15, 0.2) is 54.6 Å². The van der Waals surface area contributed by atoms with E-state index in [0.717, 1.165) is 16.7 Å².